The molecule has 230 valence electrons. The van der Waals surface area contributed by atoms with E-state index >= 15 is 0 Å². The molecule has 4 unspecified atom stereocenters. The molecule has 3 aromatic rings. The third-order valence-electron chi connectivity index (χ3n) is 14.5. The zero-order valence-corrected chi connectivity index (χ0v) is 31.3. The van der Waals surface area contributed by atoms with Crippen LogP contribution in [0.5, 0.6) is 0 Å². The Hall–Kier alpha value is -0.900. The maximum absolute atomic E-state index is 3.82. The van der Waals surface area contributed by atoms with Gasteiger partial charge in [0.25, 0.3) is 0 Å². The van der Waals surface area contributed by atoms with Crippen LogP contribution in [0.1, 0.15) is 110 Å². The van der Waals surface area contributed by atoms with Crippen LogP contribution in [0.2, 0.25) is 0 Å². The van der Waals surface area contributed by atoms with Crippen LogP contribution >= 0.6 is 47.8 Å². The van der Waals surface area contributed by atoms with E-state index < -0.39 is 0 Å². The first-order chi connectivity index (χ1) is 21.0. The summed E-state index contributed by atoms with van der Waals surface area (Å²) in [5.74, 6) is 2.64. The van der Waals surface area contributed by atoms with E-state index in [1.54, 1.807) is 16.7 Å². The lowest BCUT2D eigenvalue weighted by molar-refractivity contribution is -0.218. The molecule has 0 aromatic heterocycles. The second-order valence-electron chi connectivity index (χ2n) is 17.2. The molecule has 0 spiro atoms. The Bertz CT molecular complexity index is 1620. The molecular weight excluding hydrogens is 732 g/mol. The summed E-state index contributed by atoms with van der Waals surface area (Å²) < 4.78 is 3.69. The predicted octanol–water partition coefficient (Wildman–Crippen LogP) is 12.6. The third kappa shape index (κ3) is 4.03. The van der Waals surface area contributed by atoms with Crippen LogP contribution in [0.15, 0.2) is 68.0 Å². The molecule has 0 radical (unpaired) electrons. The molecule has 0 aliphatic heterocycles. The van der Waals surface area contributed by atoms with Gasteiger partial charge in [0.1, 0.15) is 0 Å². The second-order valence-corrected chi connectivity index (χ2v) is 20.0. The van der Waals surface area contributed by atoms with E-state index in [0.717, 1.165) is 17.8 Å². The highest BCUT2D eigenvalue weighted by Crippen LogP contribution is 2.81. The van der Waals surface area contributed by atoms with Crippen LogP contribution < -0.4 is 0 Å². The molecule has 3 aromatic carbocycles. The van der Waals surface area contributed by atoms with Gasteiger partial charge in [-0.3, -0.25) is 0 Å². The van der Waals surface area contributed by atoms with Crippen LogP contribution in [0.25, 0.3) is 0 Å². The van der Waals surface area contributed by atoms with E-state index in [1.807, 2.05) is 0 Å². The molecular formula is C41H45Br3. The Morgan fingerprint density at radius 2 is 0.841 bits per heavy atom. The van der Waals surface area contributed by atoms with Crippen molar-refractivity contribution in [1.82, 2.24) is 0 Å². The fraction of sp³-hybridized carbons (Fsp3) is 0.561. The van der Waals surface area contributed by atoms with Crippen LogP contribution in [0, 0.1) is 49.4 Å². The smallest absolute Gasteiger partial charge is 0.0178 e. The second kappa shape index (κ2) is 9.59. The molecule has 3 heteroatoms. The minimum Gasteiger partial charge on any atom is -0.0571 e. The Labute approximate surface area is 290 Å². The van der Waals surface area contributed by atoms with Gasteiger partial charge in [0.2, 0.25) is 0 Å². The SMILES string of the molecule is Cc1cc(Br)ccc1C12CC3CC(C1)CC(C14CC5CC(c6ccc(Br)cc6C)(CC(c6ccc(Br)cc6C)(C5)C1)C4)(C3)C2. The normalized spacial score (nSPS) is 41.5. The van der Waals surface area contributed by atoms with E-state index in [9.17, 15) is 0 Å². The van der Waals surface area contributed by atoms with Crippen molar-refractivity contribution in [3.05, 3.63) is 101 Å². The summed E-state index contributed by atoms with van der Waals surface area (Å²) in [5, 5.41) is 0. The predicted molar refractivity (Wildman–Crippen MR) is 192 cm³/mol. The zero-order chi connectivity index (χ0) is 30.3. The third-order valence-corrected chi connectivity index (χ3v) is 16.0. The minimum atomic E-state index is 0.285. The maximum Gasteiger partial charge on any atom is 0.0178 e. The average Bonchev–Trinajstić information content (AvgIpc) is 2.91. The van der Waals surface area contributed by atoms with Crippen molar-refractivity contribution in [3.8, 4) is 0 Å². The van der Waals surface area contributed by atoms with Crippen molar-refractivity contribution in [2.75, 3.05) is 0 Å². The van der Waals surface area contributed by atoms with Crippen molar-refractivity contribution in [2.45, 2.75) is 114 Å². The van der Waals surface area contributed by atoms with Gasteiger partial charge >= 0.3 is 0 Å². The quantitative estimate of drug-likeness (QED) is 0.248. The van der Waals surface area contributed by atoms with E-state index in [1.165, 1.54) is 107 Å². The first-order valence-corrected chi connectivity index (χ1v) is 19.6. The lowest BCUT2D eigenvalue weighted by Gasteiger charge is -2.76. The number of benzene rings is 3. The number of hydrogen-bond acceptors (Lipinski definition) is 0. The molecule has 8 aliphatic rings. The number of aryl methyl sites for hydroxylation is 3. The number of halogens is 3. The van der Waals surface area contributed by atoms with Crippen molar-refractivity contribution in [1.29, 1.82) is 0 Å². The summed E-state index contributed by atoms with van der Waals surface area (Å²) in [6.07, 6.45) is 17.2. The van der Waals surface area contributed by atoms with Crippen LogP contribution in [-0.4, -0.2) is 0 Å². The van der Waals surface area contributed by atoms with Gasteiger partial charge in [0.05, 0.1) is 0 Å². The molecule has 44 heavy (non-hydrogen) atoms. The molecule has 0 saturated heterocycles. The molecule has 0 amide bonds. The van der Waals surface area contributed by atoms with E-state index in [2.05, 4.69) is 123 Å². The number of hydrogen-bond donors (Lipinski definition) is 0. The maximum atomic E-state index is 3.82. The van der Waals surface area contributed by atoms with E-state index in [-0.39, 0.29) is 10.8 Å². The van der Waals surface area contributed by atoms with Gasteiger partial charge in [0.15, 0.2) is 0 Å². The van der Waals surface area contributed by atoms with Crippen molar-refractivity contribution in [2.24, 2.45) is 28.6 Å². The average molecular weight is 778 g/mol. The molecule has 0 N–H and O–H groups in total. The van der Waals surface area contributed by atoms with Crippen molar-refractivity contribution >= 4 is 47.8 Å². The topological polar surface area (TPSA) is 0 Å². The first kappa shape index (κ1) is 29.3. The molecule has 8 saturated carbocycles. The fourth-order valence-electron chi connectivity index (χ4n) is 14.5. The standard InChI is InChI=1S/C41H45Br3/c1-25-10-31(42)4-7-34(25)37-14-28-13-29(15-37)19-40(18-28,22-37)41-20-30-16-38(23-41,35-8-5-32(43)11-26(35)2)21-39(17-30,24-41)36-9-6-33(44)12-27(36)3/h4-12,28-30H,13-24H2,1-3H3. The minimum absolute atomic E-state index is 0.285. The molecule has 4 atom stereocenters. The zero-order valence-electron chi connectivity index (χ0n) is 26.5. The summed E-state index contributed by atoms with van der Waals surface area (Å²) in [6, 6.07) is 21.9. The van der Waals surface area contributed by atoms with Gasteiger partial charge in [-0.2, -0.15) is 0 Å². The Kier molecular flexibility index (Phi) is 6.38. The summed E-state index contributed by atoms with van der Waals surface area (Å²) in [4.78, 5) is 0. The summed E-state index contributed by atoms with van der Waals surface area (Å²) in [6.45, 7) is 7.20. The van der Waals surface area contributed by atoms with Crippen LogP contribution in [0.4, 0.5) is 0 Å². The summed E-state index contributed by atoms with van der Waals surface area (Å²) in [5.41, 5.74) is 11.4. The Balaban J connectivity index is 1.24. The van der Waals surface area contributed by atoms with Crippen LogP contribution in [-0.2, 0) is 16.2 Å². The first-order valence-electron chi connectivity index (χ1n) is 17.3. The summed E-state index contributed by atoms with van der Waals surface area (Å²) >= 11 is 11.4. The lowest BCUT2D eigenvalue weighted by atomic mass is 9.28. The molecule has 11 rings (SSSR count). The molecule has 8 aliphatic carbocycles. The highest BCUT2D eigenvalue weighted by molar-refractivity contribution is 9.11. The molecule has 8 fully saturated rings. The van der Waals surface area contributed by atoms with E-state index in [0.29, 0.717) is 16.2 Å². The molecule has 0 nitrogen and oxygen atoms in total. The Morgan fingerprint density at radius 1 is 0.455 bits per heavy atom. The summed E-state index contributed by atoms with van der Waals surface area (Å²) in [7, 11) is 0. The van der Waals surface area contributed by atoms with Crippen molar-refractivity contribution < 1.29 is 0 Å². The van der Waals surface area contributed by atoms with Gasteiger partial charge in [-0.1, -0.05) is 66.0 Å². The van der Waals surface area contributed by atoms with Crippen LogP contribution in [0.3, 0.4) is 0 Å². The number of rotatable bonds is 4. The Morgan fingerprint density at radius 3 is 1.30 bits per heavy atom. The van der Waals surface area contributed by atoms with E-state index in [4.69, 9.17) is 0 Å². The van der Waals surface area contributed by atoms with Gasteiger partial charge < -0.3 is 0 Å². The fourth-order valence-corrected chi connectivity index (χ4v) is 15.9. The largest absolute Gasteiger partial charge is 0.0571 e. The van der Waals surface area contributed by atoms with Gasteiger partial charge in [-0.15, -0.1) is 0 Å². The van der Waals surface area contributed by atoms with Crippen molar-refractivity contribution in [3.63, 3.8) is 0 Å². The highest BCUT2D eigenvalue weighted by atomic mass is 79.9. The lowest BCUT2D eigenvalue weighted by Crippen LogP contribution is -2.69. The molecule has 0 heterocycles. The van der Waals surface area contributed by atoms with Gasteiger partial charge in [-0.25, -0.2) is 0 Å². The van der Waals surface area contributed by atoms with Gasteiger partial charge in [-0.05, 0) is 212 Å². The highest BCUT2D eigenvalue weighted by Gasteiger charge is 2.73. The monoisotopic (exact) mass is 774 g/mol. The van der Waals surface area contributed by atoms with Gasteiger partial charge in [0, 0.05) is 13.4 Å². The molecule has 8 bridgehead atoms.